The fourth-order valence-electron chi connectivity index (χ4n) is 3.30. The minimum atomic E-state index is -2.99. The number of carbonyl (C=O) groups is 1. The molecule has 2 aliphatic rings. The van der Waals surface area contributed by atoms with Crippen molar-refractivity contribution in [2.75, 3.05) is 11.5 Å². The maximum Gasteiger partial charge on any atom is 0.241 e. The van der Waals surface area contributed by atoms with Gasteiger partial charge in [-0.05, 0) is 25.2 Å². The molecule has 3 unspecified atom stereocenters. The van der Waals surface area contributed by atoms with E-state index in [1.165, 1.54) is 0 Å². The van der Waals surface area contributed by atoms with Crippen LogP contribution in [0.25, 0.3) is 0 Å². The maximum atomic E-state index is 12.6. The van der Waals surface area contributed by atoms with E-state index in [1.54, 1.807) is 0 Å². The number of nitrogens with zero attached hydrogens (tertiary/aromatic N) is 1. The molecule has 0 aliphatic carbocycles. The van der Waals surface area contributed by atoms with Gasteiger partial charge in [0.2, 0.25) is 5.91 Å². The van der Waals surface area contributed by atoms with Crippen LogP contribution in [0.15, 0.2) is 0 Å². The molecule has 0 aromatic heterocycles. The number of rotatable bonds is 4. The van der Waals surface area contributed by atoms with E-state index in [2.05, 4.69) is 12.2 Å². The van der Waals surface area contributed by atoms with Gasteiger partial charge in [0, 0.05) is 6.04 Å². The van der Waals surface area contributed by atoms with E-state index in [-0.39, 0.29) is 41.6 Å². The molecule has 0 aromatic carbocycles. The molecule has 1 amide bonds. The van der Waals surface area contributed by atoms with E-state index in [0.29, 0.717) is 6.42 Å². The van der Waals surface area contributed by atoms with Gasteiger partial charge in [-0.2, -0.15) is 0 Å². The van der Waals surface area contributed by atoms with Gasteiger partial charge in [0.25, 0.3) is 0 Å². The third kappa shape index (κ3) is 3.17. The van der Waals surface area contributed by atoms with Crippen molar-refractivity contribution in [3.05, 3.63) is 0 Å². The van der Waals surface area contributed by atoms with Crippen molar-refractivity contribution in [1.82, 2.24) is 10.2 Å². The number of nitrogens with one attached hydrogen (secondary N) is 1. The molecule has 2 aliphatic heterocycles. The molecule has 2 rings (SSSR count). The second kappa shape index (κ2) is 6.02. The third-order valence-electron chi connectivity index (χ3n) is 4.29. The van der Waals surface area contributed by atoms with E-state index in [9.17, 15) is 13.2 Å². The quantitative estimate of drug-likeness (QED) is 0.846. The molecule has 116 valence electrons. The van der Waals surface area contributed by atoms with E-state index >= 15 is 0 Å². The van der Waals surface area contributed by atoms with Crippen LogP contribution in [-0.2, 0) is 14.6 Å². The molecule has 2 saturated heterocycles. The van der Waals surface area contributed by atoms with Crippen LogP contribution in [0.1, 0.15) is 46.5 Å². The molecule has 6 heteroatoms. The lowest BCUT2D eigenvalue weighted by Gasteiger charge is -2.34. The van der Waals surface area contributed by atoms with Gasteiger partial charge in [-0.1, -0.05) is 27.2 Å². The summed E-state index contributed by atoms with van der Waals surface area (Å²) in [6.07, 6.45) is 3.33. The molecule has 0 spiro atoms. The zero-order valence-corrected chi connectivity index (χ0v) is 13.4. The Morgan fingerprint density at radius 3 is 2.65 bits per heavy atom. The van der Waals surface area contributed by atoms with Gasteiger partial charge in [0.15, 0.2) is 9.84 Å². The van der Waals surface area contributed by atoms with Gasteiger partial charge in [-0.25, -0.2) is 8.42 Å². The van der Waals surface area contributed by atoms with Gasteiger partial charge >= 0.3 is 0 Å². The molecule has 2 fully saturated rings. The van der Waals surface area contributed by atoms with Crippen LogP contribution < -0.4 is 5.32 Å². The molecule has 5 nitrogen and oxygen atoms in total. The molecule has 20 heavy (non-hydrogen) atoms. The molecule has 0 aromatic rings. The summed E-state index contributed by atoms with van der Waals surface area (Å²) in [7, 11) is -2.99. The summed E-state index contributed by atoms with van der Waals surface area (Å²) in [5.41, 5.74) is 0. The first-order chi connectivity index (χ1) is 9.35. The summed E-state index contributed by atoms with van der Waals surface area (Å²) in [5.74, 6) is 0.712. The lowest BCUT2D eigenvalue weighted by Crippen LogP contribution is -2.49. The molecule has 0 bridgehead atoms. The normalized spacial score (nSPS) is 33.9. The van der Waals surface area contributed by atoms with Gasteiger partial charge < -0.3 is 4.90 Å². The van der Waals surface area contributed by atoms with E-state index < -0.39 is 9.84 Å². The summed E-state index contributed by atoms with van der Waals surface area (Å²) in [6.45, 7) is 6.14. The number of sulfone groups is 1. The van der Waals surface area contributed by atoms with Crippen molar-refractivity contribution in [1.29, 1.82) is 0 Å². The molecular formula is C14H26N2O3S. The fourth-order valence-corrected chi connectivity index (χ4v) is 4.99. The summed E-state index contributed by atoms with van der Waals surface area (Å²) < 4.78 is 23.7. The highest BCUT2D eigenvalue weighted by atomic mass is 32.2. The lowest BCUT2D eigenvalue weighted by molar-refractivity contribution is -0.132. The molecule has 0 radical (unpaired) electrons. The largest absolute Gasteiger partial charge is 0.322 e. The molecule has 0 saturated carbocycles. The van der Waals surface area contributed by atoms with E-state index in [1.807, 2.05) is 18.7 Å². The van der Waals surface area contributed by atoms with Crippen molar-refractivity contribution >= 4 is 15.7 Å². The van der Waals surface area contributed by atoms with Crippen molar-refractivity contribution in [3.8, 4) is 0 Å². The number of carbonyl (C=O) groups excluding carboxylic acids is 1. The van der Waals surface area contributed by atoms with Gasteiger partial charge in [0.1, 0.15) is 0 Å². The molecule has 3 atom stereocenters. The fraction of sp³-hybridized carbons (Fsp3) is 0.929. The predicted octanol–water partition coefficient (Wildman–Crippen LogP) is 1.15. The Hall–Kier alpha value is -0.620. The highest BCUT2D eigenvalue weighted by molar-refractivity contribution is 7.91. The second-order valence-corrected chi connectivity index (χ2v) is 8.58. The monoisotopic (exact) mass is 302 g/mol. The summed E-state index contributed by atoms with van der Waals surface area (Å²) >= 11 is 0. The Morgan fingerprint density at radius 2 is 2.10 bits per heavy atom. The first-order valence-corrected chi connectivity index (χ1v) is 9.46. The highest BCUT2D eigenvalue weighted by Gasteiger charge is 2.44. The van der Waals surface area contributed by atoms with Crippen molar-refractivity contribution in [2.24, 2.45) is 5.92 Å². The Kier molecular flexibility index (Phi) is 4.74. The van der Waals surface area contributed by atoms with Crippen molar-refractivity contribution in [2.45, 2.75) is 64.7 Å². The molecule has 1 N–H and O–H groups in total. The topological polar surface area (TPSA) is 66.5 Å². The smallest absolute Gasteiger partial charge is 0.241 e. The number of hydrogen-bond donors (Lipinski definition) is 1. The summed E-state index contributed by atoms with van der Waals surface area (Å²) in [4.78, 5) is 14.4. The second-order valence-electron chi connectivity index (χ2n) is 6.35. The van der Waals surface area contributed by atoms with E-state index in [4.69, 9.17) is 0 Å². The van der Waals surface area contributed by atoms with Gasteiger partial charge in [-0.15, -0.1) is 0 Å². The van der Waals surface area contributed by atoms with Crippen LogP contribution >= 0.6 is 0 Å². The first-order valence-electron chi connectivity index (χ1n) is 7.64. The van der Waals surface area contributed by atoms with Crippen molar-refractivity contribution in [3.63, 3.8) is 0 Å². The molecule has 2 heterocycles. The van der Waals surface area contributed by atoms with Crippen molar-refractivity contribution < 1.29 is 13.2 Å². The van der Waals surface area contributed by atoms with Crippen LogP contribution in [0.4, 0.5) is 0 Å². The minimum Gasteiger partial charge on any atom is -0.322 e. The molecular weight excluding hydrogens is 276 g/mol. The number of hydrogen-bond acceptors (Lipinski definition) is 4. The highest BCUT2D eigenvalue weighted by Crippen LogP contribution is 2.27. The average molecular weight is 302 g/mol. The zero-order valence-electron chi connectivity index (χ0n) is 12.6. The number of amides is 1. The maximum absolute atomic E-state index is 12.6. The van der Waals surface area contributed by atoms with Crippen LogP contribution in [-0.4, -0.2) is 49.0 Å². The predicted molar refractivity (Wildman–Crippen MR) is 79.0 cm³/mol. The standard InChI is InChI=1S/C14H26N2O3S/c1-4-6-12-15-13(10(2)3)14(17)16(12)11-7-5-8-20(18,19)9-11/h10-13,15H,4-9H2,1-3H3. The van der Waals surface area contributed by atoms with Crippen LogP contribution in [0.5, 0.6) is 0 Å². The summed E-state index contributed by atoms with van der Waals surface area (Å²) in [5, 5.41) is 3.40. The Bertz CT molecular complexity index is 461. The van der Waals surface area contributed by atoms with Crippen LogP contribution in [0.3, 0.4) is 0 Å². The Labute approximate surface area is 122 Å². The SMILES string of the molecule is CCCC1NC(C(C)C)C(=O)N1C1CCCS(=O)(=O)C1. The first kappa shape index (κ1) is 15.8. The Morgan fingerprint density at radius 1 is 1.40 bits per heavy atom. The average Bonchev–Trinajstić information content (AvgIpc) is 2.65. The summed E-state index contributed by atoms with van der Waals surface area (Å²) in [6, 6.07) is -0.315. The van der Waals surface area contributed by atoms with E-state index in [0.717, 1.165) is 19.3 Å². The van der Waals surface area contributed by atoms with Crippen LogP contribution in [0, 0.1) is 5.92 Å². The lowest BCUT2D eigenvalue weighted by atomic mass is 10.0. The van der Waals surface area contributed by atoms with Gasteiger partial charge in [-0.3, -0.25) is 10.1 Å². The van der Waals surface area contributed by atoms with Crippen LogP contribution in [0.2, 0.25) is 0 Å². The van der Waals surface area contributed by atoms with Gasteiger partial charge in [0.05, 0.1) is 23.7 Å². The minimum absolute atomic E-state index is 0.00167. The third-order valence-corrected chi connectivity index (χ3v) is 6.09. The zero-order chi connectivity index (χ0) is 14.9. The Balaban J connectivity index is 2.20.